The Morgan fingerprint density at radius 1 is 0.824 bits per heavy atom. The van der Waals surface area contributed by atoms with Crippen LogP contribution < -0.4 is 5.73 Å². The number of aromatic nitrogens is 3. The average molecular weight is 263 g/mol. The van der Waals surface area contributed by atoms with Crippen LogP contribution in [-0.4, -0.2) is 15.0 Å². The second kappa shape index (κ2) is 6.00. The molecule has 4 nitrogen and oxygen atoms in total. The van der Waals surface area contributed by atoms with E-state index in [9.17, 15) is 13.2 Å². The summed E-state index contributed by atoms with van der Waals surface area (Å²) >= 11 is 5.56. The number of nitrogens with two attached hydrogens (primary N) is 1. The van der Waals surface area contributed by atoms with Crippen molar-refractivity contribution in [3.8, 4) is 0 Å². The molecule has 1 aromatic carbocycles. The Morgan fingerprint density at radius 2 is 1.18 bits per heavy atom. The zero-order valence-corrected chi connectivity index (χ0v) is 9.00. The van der Waals surface area contributed by atoms with Crippen molar-refractivity contribution in [2.45, 2.75) is 0 Å². The highest BCUT2D eigenvalue weighted by Crippen LogP contribution is 2.09. The summed E-state index contributed by atoms with van der Waals surface area (Å²) in [5, 5.41) is 0.721. The van der Waals surface area contributed by atoms with E-state index in [0.717, 1.165) is 10.7 Å². The third-order valence-electron chi connectivity index (χ3n) is 1.42. The van der Waals surface area contributed by atoms with Crippen molar-refractivity contribution in [1.82, 2.24) is 15.0 Å². The number of benzene rings is 1. The molecule has 0 aliphatic carbocycles. The molecule has 0 unspecified atom stereocenters. The molecule has 1 aromatic heterocycles. The predicted molar refractivity (Wildman–Crippen MR) is 55.6 cm³/mol. The van der Waals surface area contributed by atoms with Crippen LogP contribution in [0.1, 0.15) is 0 Å². The fraction of sp³-hybridized carbons (Fsp3) is 0. The average Bonchev–Trinajstić information content (AvgIpc) is 2.21. The van der Waals surface area contributed by atoms with Gasteiger partial charge in [-0.25, -0.2) is 0 Å². The van der Waals surface area contributed by atoms with Crippen LogP contribution in [-0.2, 0) is 0 Å². The lowest BCUT2D eigenvalue weighted by molar-refractivity contribution is 0.393. The zero-order valence-electron chi connectivity index (χ0n) is 8.24. The molecule has 0 amide bonds. The monoisotopic (exact) mass is 262 g/mol. The van der Waals surface area contributed by atoms with Gasteiger partial charge in [0, 0.05) is 10.7 Å². The molecule has 0 aliphatic rings. The Kier molecular flexibility index (Phi) is 4.65. The first-order valence-corrected chi connectivity index (χ1v) is 4.59. The molecule has 2 aromatic rings. The van der Waals surface area contributed by atoms with Gasteiger partial charge in [0.05, 0.1) is 0 Å². The smallest absolute Gasteiger partial charge is 0.316 e. The number of anilines is 1. The summed E-state index contributed by atoms with van der Waals surface area (Å²) in [5.74, 6) is 0. The van der Waals surface area contributed by atoms with Crippen molar-refractivity contribution in [3.63, 3.8) is 0 Å². The minimum atomic E-state index is -1.46. The highest BCUT2D eigenvalue weighted by atomic mass is 35.5. The van der Waals surface area contributed by atoms with E-state index in [1.165, 1.54) is 0 Å². The summed E-state index contributed by atoms with van der Waals surface area (Å²) in [6.45, 7) is 0. The van der Waals surface area contributed by atoms with Crippen molar-refractivity contribution in [3.05, 3.63) is 47.5 Å². The van der Waals surface area contributed by atoms with Crippen LogP contribution in [0.3, 0.4) is 0 Å². The second-order valence-corrected chi connectivity index (χ2v) is 3.13. The molecule has 0 spiro atoms. The maximum absolute atomic E-state index is 11.7. The zero-order chi connectivity index (χ0) is 12.8. The summed E-state index contributed by atoms with van der Waals surface area (Å²) < 4.78 is 35.1. The first-order chi connectivity index (χ1) is 7.97. The lowest BCUT2D eigenvalue weighted by Gasteiger charge is -1.88. The van der Waals surface area contributed by atoms with Gasteiger partial charge < -0.3 is 5.73 Å². The molecule has 2 rings (SSSR count). The molecule has 1 heterocycles. The Morgan fingerprint density at radius 3 is 1.47 bits per heavy atom. The van der Waals surface area contributed by atoms with Gasteiger partial charge in [0.2, 0.25) is 0 Å². The maximum Gasteiger partial charge on any atom is 0.316 e. The Labute approximate surface area is 99.3 Å². The fourth-order valence-corrected chi connectivity index (χ4v) is 0.892. The topological polar surface area (TPSA) is 64.7 Å². The molecular weight excluding hydrogens is 257 g/mol. The van der Waals surface area contributed by atoms with E-state index in [1.54, 1.807) is 24.3 Å². The van der Waals surface area contributed by atoms with Gasteiger partial charge in [0.25, 0.3) is 0 Å². The van der Waals surface area contributed by atoms with Gasteiger partial charge in [0.15, 0.2) is 0 Å². The molecule has 0 fully saturated rings. The van der Waals surface area contributed by atoms with E-state index in [0.29, 0.717) is 0 Å². The van der Waals surface area contributed by atoms with E-state index in [-0.39, 0.29) is 0 Å². The van der Waals surface area contributed by atoms with E-state index in [2.05, 4.69) is 15.0 Å². The van der Waals surface area contributed by atoms with Crippen LogP contribution >= 0.6 is 11.6 Å². The first kappa shape index (κ1) is 13.2. The molecular formula is C9H6ClF3N4. The molecule has 90 valence electrons. The van der Waals surface area contributed by atoms with Crippen LogP contribution in [0.25, 0.3) is 0 Å². The maximum atomic E-state index is 11.7. The third-order valence-corrected chi connectivity index (χ3v) is 1.68. The van der Waals surface area contributed by atoms with E-state index < -0.39 is 18.2 Å². The number of halogens is 4. The first-order valence-electron chi connectivity index (χ1n) is 4.21. The Bertz CT molecular complexity index is 421. The van der Waals surface area contributed by atoms with Crippen LogP contribution in [0.2, 0.25) is 5.02 Å². The van der Waals surface area contributed by atoms with E-state index >= 15 is 0 Å². The molecule has 8 heteroatoms. The lowest BCUT2D eigenvalue weighted by atomic mass is 10.3. The van der Waals surface area contributed by atoms with Crippen molar-refractivity contribution in [2.24, 2.45) is 0 Å². The largest absolute Gasteiger partial charge is 0.399 e. The summed E-state index contributed by atoms with van der Waals surface area (Å²) in [5.41, 5.74) is 6.11. The molecule has 0 saturated carbocycles. The standard InChI is InChI=1S/C6H6ClN.C3F3N3/c7-5-1-3-6(8)4-2-5;4-1-7-2(5)9-3(6)8-1/h1-4H,8H2;. The van der Waals surface area contributed by atoms with Crippen molar-refractivity contribution in [1.29, 1.82) is 0 Å². The lowest BCUT2D eigenvalue weighted by Crippen LogP contribution is -2.00. The quantitative estimate of drug-likeness (QED) is 0.739. The number of nitrogen functional groups attached to an aromatic ring is 1. The van der Waals surface area contributed by atoms with E-state index in [1.807, 2.05) is 0 Å². The van der Waals surface area contributed by atoms with Crippen LogP contribution in [0.4, 0.5) is 18.9 Å². The normalized spacial score (nSPS) is 9.41. The minimum absolute atomic E-state index is 0.721. The fourth-order valence-electron chi connectivity index (χ4n) is 0.766. The summed E-state index contributed by atoms with van der Waals surface area (Å²) in [4.78, 5) is 7.32. The number of nitrogens with zero attached hydrogens (tertiary/aromatic N) is 3. The summed E-state index contributed by atoms with van der Waals surface area (Å²) in [6.07, 6.45) is -4.38. The number of hydrogen-bond acceptors (Lipinski definition) is 4. The SMILES string of the molecule is Fc1nc(F)nc(F)n1.Nc1ccc(Cl)cc1. The van der Waals surface area contributed by atoms with Crippen LogP contribution in [0.5, 0.6) is 0 Å². The van der Waals surface area contributed by atoms with Gasteiger partial charge in [-0.3, -0.25) is 0 Å². The Hall–Kier alpha value is -1.89. The highest BCUT2D eigenvalue weighted by Gasteiger charge is 2.01. The van der Waals surface area contributed by atoms with Gasteiger partial charge in [-0.15, -0.1) is 0 Å². The molecule has 0 atom stereocenters. The molecule has 2 N–H and O–H groups in total. The third kappa shape index (κ3) is 5.12. The predicted octanol–water partition coefficient (Wildman–Crippen LogP) is 2.21. The highest BCUT2D eigenvalue weighted by molar-refractivity contribution is 6.30. The summed E-state index contributed by atoms with van der Waals surface area (Å²) in [6, 6.07) is 7.05. The summed E-state index contributed by atoms with van der Waals surface area (Å²) in [7, 11) is 0. The van der Waals surface area contributed by atoms with Crippen LogP contribution in [0.15, 0.2) is 24.3 Å². The molecule has 17 heavy (non-hydrogen) atoms. The van der Waals surface area contributed by atoms with Gasteiger partial charge >= 0.3 is 18.2 Å². The Balaban J connectivity index is 0.000000171. The van der Waals surface area contributed by atoms with Crippen molar-refractivity contribution >= 4 is 17.3 Å². The molecule has 0 bridgehead atoms. The molecule has 0 saturated heterocycles. The number of hydrogen-bond donors (Lipinski definition) is 1. The number of rotatable bonds is 0. The van der Waals surface area contributed by atoms with Crippen LogP contribution in [0, 0.1) is 18.2 Å². The van der Waals surface area contributed by atoms with Crippen molar-refractivity contribution < 1.29 is 13.2 Å². The van der Waals surface area contributed by atoms with Gasteiger partial charge in [-0.05, 0) is 24.3 Å². The van der Waals surface area contributed by atoms with E-state index in [4.69, 9.17) is 17.3 Å². The second-order valence-electron chi connectivity index (χ2n) is 2.69. The van der Waals surface area contributed by atoms with Gasteiger partial charge in [-0.2, -0.15) is 28.1 Å². The minimum Gasteiger partial charge on any atom is -0.399 e. The van der Waals surface area contributed by atoms with Crippen molar-refractivity contribution in [2.75, 3.05) is 5.73 Å². The van der Waals surface area contributed by atoms with Gasteiger partial charge in [0.1, 0.15) is 0 Å². The molecule has 0 aliphatic heterocycles. The molecule has 0 radical (unpaired) electrons. The van der Waals surface area contributed by atoms with Gasteiger partial charge in [-0.1, -0.05) is 11.6 Å².